The number of hydrogen-bond acceptors (Lipinski definition) is 6. The monoisotopic (exact) mass is 472 g/mol. The fourth-order valence-electron chi connectivity index (χ4n) is 4.59. The summed E-state index contributed by atoms with van der Waals surface area (Å²) in [6, 6.07) is 10.7. The minimum atomic E-state index is -4.01. The van der Waals surface area contributed by atoms with Gasteiger partial charge in [0.15, 0.2) is 0 Å². The van der Waals surface area contributed by atoms with Gasteiger partial charge in [-0.25, -0.2) is 8.42 Å². The molecule has 10 heteroatoms. The van der Waals surface area contributed by atoms with Gasteiger partial charge in [-0.1, -0.05) is 18.9 Å². The van der Waals surface area contributed by atoms with Crippen LogP contribution in [0, 0.1) is 17.0 Å². The SMILES string of the molecule is Cc1ccc(S(=O)(=O)Nc2ccc(C(=O)N3CCN(C4CCCC4)CC3)cc2)cc1[N+](=O)[O-]. The molecule has 1 amide bonds. The third kappa shape index (κ3) is 5.17. The Labute approximate surface area is 193 Å². The van der Waals surface area contributed by atoms with Crippen molar-refractivity contribution in [2.45, 2.75) is 43.5 Å². The van der Waals surface area contributed by atoms with Crippen molar-refractivity contribution >= 4 is 27.3 Å². The molecule has 2 aromatic carbocycles. The van der Waals surface area contributed by atoms with Crippen LogP contribution in [0.25, 0.3) is 0 Å². The number of sulfonamides is 1. The maximum Gasteiger partial charge on any atom is 0.273 e. The molecule has 1 saturated carbocycles. The zero-order valence-corrected chi connectivity index (χ0v) is 19.4. The number of carbonyl (C=O) groups is 1. The molecule has 4 rings (SSSR count). The number of hydrogen-bond donors (Lipinski definition) is 1. The van der Waals surface area contributed by atoms with Gasteiger partial charge < -0.3 is 4.90 Å². The molecule has 2 aromatic rings. The first-order valence-electron chi connectivity index (χ1n) is 11.2. The van der Waals surface area contributed by atoms with Gasteiger partial charge in [0.2, 0.25) is 0 Å². The van der Waals surface area contributed by atoms with Crippen molar-refractivity contribution in [3.8, 4) is 0 Å². The third-order valence-corrected chi connectivity index (χ3v) is 7.89. The van der Waals surface area contributed by atoms with Crippen LogP contribution < -0.4 is 4.72 Å². The van der Waals surface area contributed by atoms with E-state index in [1.54, 1.807) is 19.1 Å². The van der Waals surface area contributed by atoms with Crippen molar-refractivity contribution in [2.24, 2.45) is 0 Å². The number of piperazine rings is 1. The van der Waals surface area contributed by atoms with Gasteiger partial charge in [0.25, 0.3) is 21.6 Å². The Morgan fingerprint density at radius 3 is 2.27 bits per heavy atom. The van der Waals surface area contributed by atoms with Crippen LogP contribution in [0.15, 0.2) is 47.4 Å². The zero-order valence-electron chi connectivity index (χ0n) is 18.6. The van der Waals surface area contributed by atoms with Gasteiger partial charge in [0.1, 0.15) is 0 Å². The summed E-state index contributed by atoms with van der Waals surface area (Å²) in [5.74, 6) is -0.0651. The molecule has 2 fully saturated rings. The van der Waals surface area contributed by atoms with Crippen molar-refractivity contribution in [2.75, 3.05) is 30.9 Å². The third-order valence-electron chi connectivity index (χ3n) is 6.51. The first kappa shape index (κ1) is 23.2. The van der Waals surface area contributed by atoms with Crippen molar-refractivity contribution in [3.05, 3.63) is 63.7 Å². The Morgan fingerprint density at radius 1 is 1.03 bits per heavy atom. The highest BCUT2D eigenvalue weighted by Gasteiger charge is 2.28. The largest absolute Gasteiger partial charge is 0.336 e. The molecule has 1 N–H and O–H groups in total. The fraction of sp³-hybridized carbons (Fsp3) is 0.435. The summed E-state index contributed by atoms with van der Waals surface area (Å²) < 4.78 is 27.8. The Morgan fingerprint density at radius 2 is 1.67 bits per heavy atom. The predicted molar refractivity (Wildman–Crippen MR) is 125 cm³/mol. The Balaban J connectivity index is 1.39. The van der Waals surface area contributed by atoms with Crippen molar-refractivity contribution < 1.29 is 18.1 Å². The molecule has 0 radical (unpaired) electrons. The van der Waals surface area contributed by atoms with E-state index in [2.05, 4.69) is 9.62 Å². The van der Waals surface area contributed by atoms with Crippen LogP contribution in [0.2, 0.25) is 0 Å². The molecule has 0 spiro atoms. The molecule has 176 valence electrons. The van der Waals surface area contributed by atoms with Crippen LogP contribution in [-0.2, 0) is 10.0 Å². The summed E-state index contributed by atoms with van der Waals surface area (Å²) in [6.45, 7) is 4.70. The van der Waals surface area contributed by atoms with E-state index in [0.29, 0.717) is 30.3 Å². The number of nitrogens with one attached hydrogen (secondary N) is 1. The van der Waals surface area contributed by atoms with Gasteiger partial charge in [0, 0.05) is 55.1 Å². The van der Waals surface area contributed by atoms with E-state index in [0.717, 1.165) is 19.2 Å². The van der Waals surface area contributed by atoms with E-state index in [-0.39, 0.29) is 22.2 Å². The standard InChI is InChI=1S/C23H28N4O5S/c1-17-6-11-21(16-22(17)27(29)30)33(31,32)24-19-9-7-18(8-10-19)23(28)26-14-12-25(13-15-26)20-4-2-3-5-20/h6-11,16,20,24H,2-5,12-15H2,1H3. The highest BCUT2D eigenvalue weighted by atomic mass is 32.2. The number of benzene rings is 2. The Bertz CT molecular complexity index is 1140. The van der Waals surface area contributed by atoms with Crippen LogP contribution in [0.1, 0.15) is 41.6 Å². The lowest BCUT2D eigenvalue weighted by molar-refractivity contribution is -0.385. The Hall–Kier alpha value is -2.98. The molecule has 33 heavy (non-hydrogen) atoms. The van der Waals surface area contributed by atoms with Crippen molar-refractivity contribution in [1.82, 2.24) is 9.80 Å². The van der Waals surface area contributed by atoms with Gasteiger partial charge in [0.05, 0.1) is 9.82 Å². The zero-order chi connectivity index (χ0) is 23.6. The molecule has 2 aliphatic rings. The number of rotatable bonds is 6. The van der Waals surface area contributed by atoms with Crippen LogP contribution in [-0.4, -0.2) is 61.3 Å². The maximum atomic E-state index is 12.9. The molecule has 1 aliphatic heterocycles. The van der Waals surface area contributed by atoms with Gasteiger partial charge >= 0.3 is 0 Å². The number of nitrogens with zero attached hydrogens (tertiary/aromatic N) is 3. The number of nitro benzene ring substituents is 1. The van der Waals surface area contributed by atoms with Crippen LogP contribution >= 0.6 is 0 Å². The number of anilines is 1. The average molecular weight is 473 g/mol. The number of nitro groups is 1. The van der Waals surface area contributed by atoms with Gasteiger partial charge in [-0.2, -0.15) is 0 Å². The fourth-order valence-corrected chi connectivity index (χ4v) is 5.67. The van der Waals surface area contributed by atoms with Gasteiger partial charge in [-0.05, 0) is 50.1 Å². The lowest BCUT2D eigenvalue weighted by atomic mass is 10.1. The summed E-state index contributed by atoms with van der Waals surface area (Å²) in [4.78, 5) is 27.5. The van der Waals surface area contributed by atoms with E-state index >= 15 is 0 Å². The molecule has 9 nitrogen and oxygen atoms in total. The summed E-state index contributed by atoms with van der Waals surface area (Å²) in [5.41, 5.74) is 0.900. The van der Waals surface area contributed by atoms with Gasteiger partial charge in [-0.3, -0.25) is 24.5 Å². The molecule has 1 saturated heterocycles. The van der Waals surface area contributed by atoms with Crippen LogP contribution in [0.4, 0.5) is 11.4 Å². The van der Waals surface area contributed by atoms with Crippen LogP contribution in [0.5, 0.6) is 0 Å². The second-order valence-corrected chi connectivity index (χ2v) is 10.3. The van der Waals surface area contributed by atoms with Crippen molar-refractivity contribution in [3.63, 3.8) is 0 Å². The predicted octanol–water partition coefficient (Wildman–Crippen LogP) is 3.40. The lowest BCUT2D eigenvalue weighted by Crippen LogP contribution is -2.51. The first-order valence-corrected chi connectivity index (χ1v) is 12.6. The van der Waals surface area contributed by atoms with E-state index in [1.165, 1.54) is 49.9 Å². The summed E-state index contributed by atoms with van der Waals surface area (Å²) in [6.07, 6.45) is 5.09. The summed E-state index contributed by atoms with van der Waals surface area (Å²) in [5, 5.41) is 11.1. The maximum absolute atomic E-state index is 12.9. The van der Waals surface area contributed by atoms with E-state index in [9.17, 15) is 23.3 Å². The molecule has 1 aliphatic carbocycles. The smallest absolute Gasteiger partial charge is 0.273 e. The normalized spacial score (nSPS) is 17.8. The first-order chi connectivity index (χ1) is 15.7. The van der Waals surface area contributed by atoms with Gasteiger partial charge in [-0.15, -0.1) is 0 Å². The highest BCUT2D eigenvalue weighted by Crippen LogP contribution is 2.26. The number of carbonyl (C=O) groups excluding carboxylic acids is 1. The number of aryl methyl sites for hydroxylation is 1. The van der Waals surface area contributed by atoms with Crippen LogP contribution in [0.3, 0.4) is 0 Å². The average Bonchev–Trinajstić information content (AvgIpc) is 3.34. The molecule has 0 unspecified atom stereocenters. The van der Waals surface area contributed by atoms with E-state index < -0.39 is 14.9 Å². The molecular formula is C23H28N4O5S. The summed E-state index contributed by atoms with van der Waals surface area (Å²) in [7, 11) is -4.01. The number of amides is 1. The second kappa shape index (κ2) is 9.48. The second-order valence-electron chi connectivity index (χ2n) is 8.65. The Kier molecular flexibility index (Phi) is 6.66. The molecule has 0 atom stereocenters. The van der Waals surface area contributed by atoms with E-state index in [1.807, 2.05) is 4.90 Å². The molecule has 0 bridgehead atoms. The quantitative estimate of drug-likeness (QED) is 0.509. The van der Waals surface area contributed by atoms with E-state index in [4.69, 9.17) is 0 Å². The lowest BCUT2D eigenvalue weighted by Gasteiger charge is -2.38. The topological polar surface area (TPSA) is 113 Å². The minimum absolute atomic E-state index is 0.0651. The van der Waals surface area contributed by atoms with Crippen molar-refractivity contribution in [1.29, 1.82) is 0 Å². The highest BCUT2D eigenvalue weighted by molar-refractivity contribution is 7.92. The molecule has 0 aromatic heterocycles. The molecular weight excluding hydrogens is 444 g/mol. The minimum Gasteiger partial charge on any atom is -0.336 e. The molecule has 1 heterocycles. The summed E-state index contributed by atoms with van der Waals surface area (Å²) >= 11 is 0.